The van der Waals surface area contributed by atoms with Crippen LogP contribution < -0.4 is 0 Å². The lowest BCUT2D eigenvalue weighted by atomic mass is 9.99. The minimum Gasteiger partial charge on any atom is -0.481 e. The molecule has 1 aliphatic rings. The number of carbonyl (C=O) groups excluding carboxylic acids is 1. The van der Waals surface area contributed by atoms with Gasteiger partial charge in [0.2, 0.25) is 0 Å². The third-order valence-corrected chi connectivity index (χ3v) is 4.87. The average Bonchev–Trinajstić information content (AvgIpc) is 2.67. The molecule has 1 fully saturated rings. The number of carboxylic acids is 1. The van der Waals surface area contributed by atoms with Crippen LogP contribution in [-0.4, -0.2) is 47.7 Å². The monoisotopic (exact) mass is 371 g/mol. The highest BCUT2D eigenvalue weighted by molar-refractivity contribution is 5.79. The van der Waals surface area contributed by atoms with Crippen LogP contribution in [0, 0.1) is 0 Å². The van der Waals surface area contributed by atoms with Crippen molar-refractivity contribution in [3.63, 3.8) is 0 Å². The van der Waals surface area contributed by atoms with E-state index in [0.717, 1.165) is 42.6 Å². The number of carboxylic acid groups (broad SMARTS) is 1. The highest BCUT2D eigenvalue weighted by atomic mass is 16.5. The molecule has 1 aromatic rings. The summed E-state index contributed by atoms with van der Waals surface area (Å²) < 4.78 is 5.68. The van der Waals surface area contributed by atoms with E-state index in [1.165, 1.54) is 0 Å². The van der Waals surface area contributed by atoms with Gasteiger partial charge in [-0.2, -0.15) is 0 Å². The first-order valence-corrected chi connectivity index (χ1v) is 9.51. The fourth-order valence-electron chi connectivity index (χ4n) is 3.28. The molecule has 0 saturated carbocycles. The summed E-state index contributed by atoms with van der Waals surface area (Å²) in [7, 11) is 0. The first-order valence-electron chi connectivity index (χ1n) is 9.51. The van der Waals surface area contributed by atoms with Gasteiger partial charge in [-0.1, -0.05) is 42.5 Å². The van der Waals surface area contributed by atoms with Gasteiger partial charge in [0.05, 0.1) is 12.8 Å². The topological polar surface area (TPSA) is 66.8 Å². The molecule has 1 saturated heterocycles. The average molecular weight is 371 g/mol. The molecule has 5 heteroatoms. The molecule has 5 nitrogen and oxygen atoms in total. The maximum atomic E-state index is 12.4. The number of hydrogen-bond donors (Lipinski definition) is 1. The predicted molar refractivity (Wildman–Crippen MR) is 106 cm³/mol. The van der Waals surface area contributed by atoms with E-state index in [1.54, 1.807) is 0 Å². The van der Waals surface area contributed by atoms with Crippen LogP contribution in [0.2, 0.25) is 0 Å². The second kappa shape index (κ2) is 10.7. The van der Waals surface area contributed by atoms with E-state index in [2.05, 4.69) is 4.90 Å². The van der Waals surface area contributed by atoms with Crippen LogP contribution in [0.5, 0.6) is 0 Å². The molecular formula is C22H29NO4. The van der Waals surface area contributed by atoms with E-state index < -0.39 is 5.97 Å². The van der Waals surface area contributed by atoms with Gasteiger partial charge in [-0.05, 0) is 43.4 Å². The maximum absolute atomic E-state index is 12.4. The molecule has 1 heterocycles. The zero-order chi connectivity index (χ0) is 19.6. The Morgan fingerprint density at radius 3 is 2.48 bits per heavy atom. The number of allylic oxidation sites excluding steroid dienone is 3. The fraction of sp³-hybridized carbons (Fsp3) is 0.455. The number of piperidine rings is 1. The van der Waals surface area contributed by atoms with Crippen LogP contribution in [0.4, 0.5) is 0 Å². The van der Waals surface area contributed by atoms with Crippen molar-refractivity contribution in [1.29, 1.82) is 0 Å². The van der Waals surface area contributed by atoms with E-state index in [4.69, 9.17) is 9.84 Å². The van der Waals surface area contributed by atoms with Crippen LogP contribution in [0.3, 0.4) is 0 Å². The van der Waals surface area contributed by atoms with Gasteiger partial charge in [-0.15, -0.1) is 0 Å². The smallest absolute Gasteiger partial charge is 0.310 e. The quantitative estimate of drug-likeness (QED) is 0.554. The summed E-state index contributed by atoms with van der Waals surface area (Å²) in [4.78, 5) is 25.2. The number of carbonyl (C=O) groups is 2. The third-order valence-electron chi connectivity index (χ3n) is 4.87. The molecule has 27 heavy (non-hydrogen) atoms. The van der Waals surface area contributed by atoms with Crippen molar-refractivity contribution < 1.29 is 19.4 Å². The summed E-state index contributed by atoms with van der Waals surface area (Å²) in [6, 6.07) is 10.0. The molecule has 0 spiro atoms. The van der Waals surface area contributed by atoms with Crippen LogP contribution in [0.25, 0.3) is 5.57 Å². The maximum Gasteiger partial charge on any atom is 0.310 e. The Morgan fingerprint density at radius 1 is 1.22 bits per heavy atom. The Balaban J connectivity index is 1.89. The molecule has 0 atom stereocenters. The van der Waals surface area contributed by atoms with Crippen molar-refractivity contribution in [3.05, 3.63) is 53.6 Å². The minimum absolute atomic E-state index is 0.0811. The lowest BCUT2D eigenvalue weighted by Crippen LogP contribution is -2.38. The third kappa shape index (κ3) is 7.02. The van der Waals surface area contributed by atoms with Gasteiger partial charge >= 0.3 is 11.9 Å². The molecule has 146 valence electrons. The molecule has 0 unspecified atom stereocenters. The Morgan fingerprint density at radius 2 is 1.89 bits per heavy atom. The summed E-state index contributed by atoms with van der Waals surface area (Å²) >= 11 is 0. The fourth-order valence-corrected chi connectivity index (χ4v) is 3.28. The number of aliphatic carboxylic acids is 1. The SMILES string of the molecule is C/C=C\C(CC(=O)OC1CCN(CCC(=O)O)CC1)=C(/C)c1ccccc1. The molecule has 1 N–H and O–H groups in total. The number of esters is 1. The van der Waals surface area contributed by atoms with Crippen molar-refractivity contribution in [2.24, 2.45) is 0 Å². The summed E-state index contributed by atoms with van der Waals surface area (Å²) in [5.41, 5.74) is 3.15. The predicted octanol–water partition coefficient (Wildman–Crippen LogP) is 3.91. The standard InChI is InChI=1S/C22H29NO4/c1-3-7-19(17(2)18-8-5-4-6-9-18)16-22(26)27-20-10-13-23(14-11-20)15-12-21(24)25/h3-9,20H,10-16H2,1-2H3,(H,24,25)/b7-3-,19-17-. The van der Waals surface area contributed by atoms with Crippen LogP contribution in [-0.2, 0) is 14.3 Å². The van der Waals surface area contributed by atoms with Crippen molar-refractivity contribution in [2.75, 3.05) is 19.6 Å². The molecule has 0 radical (unpaired) electrons. The van der Waals surface area contributed by atoms with Gasteiger partial charge in [-0.25, -0.2) is 0 Å². The Kier molecular flexibility index (Phi) is 8.27. The molecule has 1 aliphatic heterocycles. The number of nitrogens with zero attached hydrogens (tertiary/aromatic N) is 1. The molecule has 1 aromatic carbocycles. The van der Waals surface area contributed by atoms with Gasteiger partial charge in [0.1, 0.15) is 6.10 Å². The molecule has 0 bridgehead atoms. The van der Waals surface area contributed by atoms with Gasteiger partial charge in [0, 0.05) is 19.6 Å². The highest BCUT2D eigenvalue weighted by Crippen LogP contribution is 2.23. The number of ether oxygens (including phenoxy) is 1. The van der Waals surface area contributed by atoms with Crippen LogP contribution in [0.15, 0.2) is 48.1 Å². The second-order valence-corrected chi connectivity index (χ2v) is 6.87. The van der Waals surface area contributed by atoms with Crippen LogP contribution in [0.1, 0.15) is 45.1 Å². The van der Waals surface area contributed by atoms with Crippen molar-refractivity contribution >= 4 is 17.5 Å². The summed E-state index contributed by atoms with van der Waals surface area (Å²) in [6.07, 6.45) is 5.75. The Bertz CT molecular complexity index is 686. The van der Waals surface area contributed by atoms with Crippen molar-refractivity contribution in [2.45, 2.75) is 45.6 Å². The summed E-state index contributed by atoms with van der Waals surface area (Å²) in [6.45, 7) is 6.06. The van der Waals surface area contributed by atoms with Crippen molar-refractivity contribution in [3.8, 4) is 0 Å². The second-order valence-electron chi connectivity index (χ2n) is 6.87. The first-order chi connectivity index (χ1) is 13.0. The normalized spacial score (nSPS) is 17.0. The number of rotatable bonds is 8. The van der Waals surface area contributed by atoms with Crippen LogP contribution >= 0.6 is 0 Å². The Hall–Kier alpha value is -2.40. The molecule has 2 rings (SSSR count). The number of hydrogen-bond acceptors (Lipinski definition) is 4. The summed E-state index contributed by atoms with van der Waals surface area (Å²) in [5.74, 6) is -0.983. The van der Waals surface area contributed by atoms with E-state index in [9.17, 15) is 9.59 Å². The largest absolute Gasteiger partial charge is 0.481 e. The zero-order valence-electron chi connectivity index (χ0n) is 16.2. The van der Waals surface area contributed by atoms with E-state index in [0.29, 0.717) is 6.54 Å². The van der Waals surface area contributed by atoms with Gasteiger partial charge in [-0.3, -0.25) is 9.59 Å². The Labute approximate surface area is 161 Å². The van der Waals surface area contributed by atoms with Gasteiger partial charge in [0.15, 0.2) is 0 Å². The minimum atomic E-state index is -0.777. The lowest BCUT2D eigenvalue weighted by molar-refractivity contribution is -0.150. The van der Waals surface area contributed by atoms with Gasteiger partial charge < -0.3 is 14.7 Å². The van der Waals surface area contributed by atoms with E-state index in [1.807, 2.05) is 56.3 Å². The molecule has 0 aromatic heterocycles. The van der Waals surface area contributed by atoms with E-state index in [-0.39, 0.29) is 24.9 Å². The van der Waals surface area contributed by atoms with Gasteiger partial charge in [0.25, 0.3) is 0 Å². The van der Waals surface area contributed by atoms with Crippen molar-refractivity contribution in [1.82, 2.24) is 4.90 Å². The van der Waals surface area contributed by atoms with E-state index >= 15 is 0 Å². The number of likely N-dealkylation sites (tertiary alicyclic amines) is 1. The first kappa shape index (κ1) is 20.9. The summed E-state index contributed by atoms with van der Waals surface area (Å²) in [5, 5.41) is 8.76. The molecule has 0 aliphatic carbocycles. The zero-order valence-corrected chi connectivity index (χ0v) is 16.2. The lowest BCUT2D eigenvalue weighted by Gasteiger charge is -2.31. The highest BCUT2D eigenvalue weighted by Gasteiger charge is 2.23. The molecular weight excluding hydrogens is 342 g/mol. The molecule has 0 amide bonds. The number of benzene rings is 1.